The molecule has 0 atom stereocenters. The molecule has 0 saturated heterocycles. The Hall–Kier alpha value is -2.00. The van der Waals surface area contributed by atoms with Crippen molar-refractivity contribution in [1.82, 2.24) is 0 Å². The number of halogens is 1. The highest BCUT2D eigenvalue weighted by Crippen LogP contribution is 2.26. The molecule has 2 aromatic carbocycles. The van der Waals surface area contributed by atoms with Crippen LogP contribution >= 0.6 is 22.6 Å². The van der Waals surface area contributed by atoms with Gasteiger partial charge in [0.1, 0.15) is 11.5 Å². The first-order chi connectivity index (χ1) is 9.10. The van der Waals surface area contributed by atoms with E-state index in [1.54, 1.807) is 48.5 Å². The van der Waals surface area contributed by atoms with E-state index in [4.69, 9.17) is 0 Å². The molecule has 0 saturated carbocycles. The van der Waals surface area contributed by atoms with Crippen LogP contribution in [0.1, 0.15) is 11.1 Å². The minimum Gasteiger partial charge on any atom is -0.508 e. The van der Waals surface area contributed by atoms with Crippen molar-refractivity contribution in [3.8, 4) is 17.6 Å². The standard InChI is InChI=1S/C15H10INO2/c16-14-6-3-11(8-15(14)19)12(9-17)7-10-1-4-13(18)5-2-10/h1-8,18-19H/b12-7+. The first kappa shape index (κ1) is 13.4. The van der Waals surface area contributed by atoms with Crippen molar-refractivity contribution in [2.24, 2.45) is 0 Å². The summed E-state index contributed by atoms with van der Waals surface area (Å²) in [7, 11) is 0. The average Bonchev–Trinajstić information content (AvgIpc) is 2.41. The van der Waals surface area contributed by atoms with Gasteiger partial charge in [0, 0.05) is 0 Å². The van der Waals surface area contributed by atoms with Crippen LogP contribution in [0, 0.1) is 14.9 Å². The lowest BCUT2D eigenvalue weighted by molar-refractivity contribution is 0.471. The lowest BCUT2D eigenvalue weighted by atomic mass is 10.0. The molecule has 3 nitrogen and oxygen atoms in total. The summed E-state index contributed by atoms with van der Waals surface area (Å²) in [4.78, 5) is 0. The Bertz CT molecular complexity index is 670. The highest BCUT2D eigenvalue weighted by molar-refractivity contribution is 14.1. The summed E-state index contributed by atoms with van der Waals surface area (Å²) in [6.45, 7) is 0. The third kappa shape index (κ3) is 3.26. The number of hydrogen-bond acceptors (Lipinski definition) is 3. The summed E-state index contributed by atoms with van der Waals surface area (Å²) in [5.41, 5.74) is 1.93. The van der Waals surface area contributed by atoms with E-state index in [0.717, 1.165) is 9.13 Å². The molecule has 0 heterocycles. The van der Waals surface area contributed by atoms with Crippen molar-refractivity contribution in [3.05, 3.63) is 57.2 Å². The van der Waals surface area contributed by atoms with E-state index in [2.05, 4.69) is 6.07 Å². The van der Waals surface area contributed by atoms with Gasteiger partial charge in [-0.1, -0.05) is 18.2 Å². The summed E-state index contributed by atoms with van der Waals surface area (Å²) >= 11 is 2.02. The SMILES string of the molecule is N#C/C(=C\c1ccc(O)cc1)c1ccc(I)c(O)c1. The van der Waals surface area contributed by atoms with Gasteiger partial charge in [-0.25, -0.2) is 0 Å². The molecule has 0 aliphatic carbocycles. The van der Waals surface area contributed by atoms with Gasteiger partial charge < -0.3 is 10.2 Å². The topological polar surface area (TPSA) is 64.2 Å². The van der Waals surface area contributed by atoms with Gasteiger partial charge in [0.25, 0.3) is 0 Å². The molecule has 94 valence electrons. The Kier molecular flexibility index (Phi) is 4.07. The zero-order valence-corrected chi connectivity index (χ0v) is 12.0. The lowest BCUT2D eigenvalue weighted by Gasteiger charge is -2.02. The van der Waals surface area contributed by atoms with Gasteiger partial charge in [-0.2, -0.15) is 5.26 Å². The lowest BCUT2D eigenvalue weighted by Crippen LogP contribution is -1.84. The number of hydrogen-bond donors (Lipinski definition) is 2. The molecular weight excluding hydrogens is 353 g/mol. The molecule has 0 aromatic heterocycles. The summed E-state index contributed by atoms with van der Waals surface area (Å²) in [6.07, 6.45) is 1.71. The molecule has 0 unspecified atom stereocenters. The number of allylic oxidation sites excluding steroid dienone is 1. The van der Waals surface area contributed by atoms with Crippen LogP contribution in [0.4, 0.5) is 0 Å². The van der Waals surface area contributed by atoms with Gasteiger partial charge in [-0.05, 0) is 64.1 Å². The van der Waals surface area contributed by atoms with Crippen molar-refractivity contribution < 1.29 is 10.2 Å². The Morgan fingerprint density at radius 3 is 2.37 bits per heavy atom. The van der Waals surface area contributed by atoms with Crippen LogP contribution in [-0.2, 0) is 0 Å². The molecule has 0 amide bonds. The number of rotatable bonds is 2. The van der Waals surface area contributed by atoms with E-state index in [1.807, 2.05) is 22.6 Å². The van der Waals surface area contributed by atoms with Crippen molar-refractivity contribution in [2.45, 2.75) is 0 Å². The molecule has 2 N–H and O–H groups in total. The molecule has 2 rings (SSSR count). The smallest absolute Gasteiger partial charge is 0.129 e. The van der Waals surface area contributed by atoms with E-state index < -0.39 is 0 Å². The van der Waals surface area contributed by atoms with E-state index in [9.17, 15) is 15.5 Å². The fraction of sp³-hybridized carbons (Fsp3) is 0. The summed E-state index contributed by atoms with van der Waals surface area (Å²) in [5, 5.41) is 28.1. The second kappa shape index (κ2) is 5.76. The highest BCUT2D eigenvalue weighted by atomic mass is 127. The average molecular weight is 363 g/mol. The maximum absolute atomic E-state index is 9.67. The Morgan fingerprint density at radius 1 is 1.11 bits per heavy atom. The molecule has 0 spiro atoms. The molecule has 0 fully saturated rings. The van der Waals surface area contributed by atoms with Gasteiger partial charge in [0.05, 0.1) is 15.2 Å². The van der Waals surface area contributed by atoms with E-state index >= 15 is 0 Å². The summed E-state index contributed by atoms with van der Waals surface area (Å²) < 4.78 is 0.739. The Morgan fingerprint density at radius 2 is 1.79 bits per heavy atom. The van der Waals surface area contributed by atoms with Crippen LogP contribution in [0.5, 0.6) is 11.5 Å². The van der Waals surface area contributed by atoms with E-state index in [0.29, 0.717) is 11.1 Å². The van der Waals surface area contributed by atoms with Crippen molar-refractivity contribution in [1.29, 1.82) is 5.26 Å². The highest BCUT2D eigenvalue weighted by Gasteiger charge is 2.05. The van der Waals surface area contributed by atoms with E-state index in [-0.39, 0.29) is 11.5 Å². The number of phenols is 2. The second-order valence-corrected chi connectivity index (χ2v) is 5.09. The van der Waals surface area contributed by atoms with Crippen LogP contribution in [0.25, 0.3) is 11.6 Å². The maximum Gasteiger partial charge on any atom is 0.129 e. The molecule has 2 aromatic rings. The first-order valence-corrected chi connectivity index (χ1v) is 6.58. The van der Waals surface area contributed by atoms with Crippen molar-refractivity contribution >= 4 is 34.2 Å². The zero-order valence-electron chi connectivity index (χ0n) is 9.84. The number of aromatic hydroxyl groups is 2. The predicted octanol–water partition coefficient (Wildman–Crippen LogP) is 3.77. The molecular formula is C15H10INO2. The van der Waals surface area contributed by atoms with Crippen LogP contribution in [0.15, 0.2) is 42.5 Å². The monoisotopic (exact) mass is 363 g/mol. The minimum atomic E-state index is 0.157. The van der Waals surface area contributed by atoms with Gasteiger partial charge >= 0.3 is 0 Å². The van der Waals surface area contributed by atoms with Gasteiger partial charge in [0.15, 0.2) is 0 Å². The van der Waals surface area contributed by atoms with Crippen LogP contribution < -0.4 is 0 Å². The predicted molar refractivity (Wildman–Crippen MR) is 82.4 cm³/mol. The van der Waals surface area contributed by atoms with Crippen LogP contribution in [0.2, 0.25) is 0 Å². The molecule has 0 aliphatic heterocycles. The minimum absolute atomic E-state index is 0.157. The van der Waals surface area contributed by atoms with Crippen molar-refractivity contribution in [3.63, 3.8) is 0 Å². The first-order valence-electron chi connectivity index (χ1n) is 5.50. The number of phenolic OH excluding ortho intramolecular Hbond substituents is 2. The molecule has 0 aliphatic rings. The van der Waals surface area contributed by atoms with E-state index in [1.165, 1.54) is 0 Å². The summed E-state index contributed by atoms with van der Waals surface area (Å²) in [6, 6.07) is 13.8. The fourth-order valence-corrected chi connectivity index (χ4v) is 1.93. The largest absolute Gasteiger partial charge is 0.508 e. The van der Waals surface area contributed by atoms with Crippen LogP contribution in [0.3, 0.4) is 0 Å². The summed E-state index contributed by atoms with van der Waals surface area (Å²) in [5.74, 6) is 0.340. The quantitative estimate of drug-likeness (QED) is 0.485. The fourth-order valence-electron chi connectivity index (χ4n) is 1.60. The number of nitrogens with zero attached hydrogens (tertiary/aromatic N) is 1. The third-order valence-electron chi connectivity index (χ3n) is 2.58. The number of benzene rings is 2. The molecule has 4 heteroatoms. The van der Waals surface area contributed by atoms with Crippen LogP contribution in [-0.4, -0.2) is 10.2 Å². The maximum atomic E-state index is 9.67. The second-order valence-electron chi connectivity index (χ2n) is 3.93. The molecule has 0 radical (unpaired) electrons. The normalized spacial score (nSPS) is 11.1. The third-order valence-corrected chi connectivity index (χ3v) is 3.49. The molecule has 19 heavy (non-hydrogen) atoms. The van der Waals surface area contributed by atoms with Gasteiger partial charge in [-0.15, -0.1) is 0 Å². The Balaban J connectivity index is 2.42. The number of nitriles is 1. The van der Waals surface area contributed by atoms with Gasteiger partial charge in [-0.3, -0.25) is 0 Å². The zero-order chi connectivity index (χ0) is 13.8. The van der Waals surface area contributed by atoms with Gasteiger partial charge in [0.2, 0.25) is 0 Å². The molecule has 0 bridgehead atoms. The Labute approximate surface area is 124 Å². The van der Waals surface area contributed by atoms with Crippen molar-refractivity contribution in [2.75, 3.05) is 0 Å².